The second-order valence-electron chi connectivity index (χ2n) is 3.91. The maximum absolute atomic E-state index is 12.2. The van der Waals surface area contributed by atoms with Crippen molar-refractivity contribution in [1.82, 2.24) is 14.8 Å². The van der Waals surface area contributed by atoms with Gasteiger partial charge in [-0.15, -0.1) is 0 Å². The molecule has 0 radical (unpaired) electrons. The molecule has 1 aromatic heterocycles. The van der Waals surface area contributed by atoms with E-state index in [4.69, 9.17) is 5.11 Å². The van der Waals surface area contributed by atoms with Gasteiger partial charge in [0.25, 0.3) is 5.91 Å². The number of carbonyl (C=O) groups excluding carboxylic acids is 2. The van der Waals surface area contributed by atoms with E-state index in [1.807, 2.05) is 0 Å². The van der Waals surface area contributed by atoms with E-state index in [-0.39, 0.29) is 30.6 Å². The zero-order valence-electron chi connectivity index (χ0n) is 10.9. The predicted octanol–water partition coefficient (Wildman–Crippen LogP) is -0.219. The Balaban J connectivity index is 2.88. The fourth-order valence-corrected chi connectivity index (χ4v) is 1.63. The van der Waals surface area contributed by atoms with Crippen LogP contribution in [-0.4, -0.2) is 52.5 Å². The van der Waals surface area contributed by atoms with Crippen LogP contribution in [0.3, 0.4) is 0 Å². The van der Waals surface area contributed by atoms with Crippen LogP contribution in [0.4, 0.5) is 0 Å². The average molecular weight is 267 g/mol. The van der Waals surface area contributed by atoms with Gasteiger partial charge in [-0.25, -0.2) is 0 Å². The van der Waals surface area contributed by atoms with Crippen molar-refractivity contribution in [2.75, 3.05) is 20.1 Å². The van der Waals surface area contributed by atoms with Gasteiger partial charge in [-0.3, -0.25) is 14.4 Å². The minimum atomic E-state index is -1.03. The van der Waals surface area contributed by atoms with Gasteiger partial charge >= 0.3 is 5.97 Å². The van der Waals surface area contributed by atoms with E-state index in [2.05, 4.69) is 5.32 Å². The summed E-state index contributed by atoms with van der Waals surface area (Å²) in [6.07, 6.45) is 1.52. The molecule has 2 N–H and O–H groups in total. The highest BCUT2D eigenvalue weighted by Gasteiger charge is 2.20. The summed E-state index contributed by atoms with van der Waals surface area (Å²) in [6.45, 7) is 1.78. The molecule has 19 heavy (non-hydrogen) atoms. The first kappa shape index (κ1) is 14.7. The molecule has 0 aliphatic heterocycles. The molecule has 0 aliphatic carbocycles. The SMILES string of the molecule is CCN(CC(=O)NC)C(=O)c1cccn1CC(=O)O. The largest absolute Gasteiger partial charge is 0.480 e. The van der Waals surface area contributed by atoms with Crippen molar-refractivity contribution < 1.29 is 19.5 Å². The zero-order valence-corrected chi connectivity index (χ0v) is 10.9. The number of nitrogens with zero attached hydrogens (tertiary/aromatic N) is 2. The lowest BCUT2D eigenvalue weighted by atomic mass is 10.3. The van der Waals surface area contributed by atoms with Crippen LogP contribution in [0.25, 0.3) is 0 Å². The number of aliphatic carboxylic acids is 1. The number of carboxylic acid groups (broad SMARTS) is 1. The number of carboxylic acids is 1. The lowest BCUT2D eigenvalue weighted by Gasteiger charge is -2.20. The van der Waals surface area contributed by atoms with Crippen molar-refractivity contribution in [2.24, 2.45) is 0 Å². The van der Waals surface area contributed by atoms with Crippen molar-refractivity contribution >= 4 is 17.8 Å². The topological polar surface area (TPSA) is 91.6 Å². The number of rotatable bonds is 6. The van der Waals surface area contributed by atoms with Crippen molar-refractivity contribution in [3.05, 3.63) is 24.0 Å². The van der Waals surface area contributed by atoms with Crippen molar-refractivity contribution in [3.63, 3.8) is 0 Å². The Bertz CT molecular complexity index is 481. The van der Waals surface area contributed by atoms with Crippen LogP contribution in [0, 0.1) is 0 Å². The van der Waals surface area contributed by atoms with Gasteiger partial charge in [0.05, 0.1) is 6.54 Å². The standard InChI is InChI=1S/C12H17N3O4/c1-3-14(7-10(16)13-2)12(19)9-5-4-6-15(9)8-11(17)18/h4-6H,3,7-8H2,1-2H3,(H,13,16)(H,17,18). The number of nitrogens with one attached hydrogen (secondary N) is 1. The average Bonchev–Trinajstić information content (AvgIpc) is 2.81. The highest BCUT2D eigenvalue weighted by atomic mass is 16.4. The normalized spacial score (nSPS) is 10.0. The van der Waals surface area contributed by atoms with Gasteiger partial charge in [-0.2, -0.15) is 0 Å². The second kappa shape index (κ2) is 6.58. The highest BCUT2D eigenvalue weighted by molar-refractivity contribution is 5.95. The molecule has 0 aliphatic rings. The molecule has 0 unspecified atom stereocenters. The molecule has 7 nitrogen and oxygen atoms in total. The fourth-order valence-electron chi connectivity index (χ4n) is 1.63. The molecule has 7 heteroatoms. The molecule has 2 amide bonds. The quantitative estimate of drug-likeness (QED) is 0.745. The van der Waals surface area contributed by atoms with Crippen LogP contribution in [0.2, 0.25) is 0 Å². The summed E-state index contributed by atoms with van der Waals surface area (Å²) in [5.41, 5.74) is 0.258. The molecule has 0 saturated carbocycles. The molecule has 0 saturated heterocycles. The summed E-state index contributed by atoms with van der Waals surface area (Å²) in [5.74, 6) is -1.66. The van der Waals surface area contributed by atoms with Gasteiger partial charge in [-0.05, 0) is 19.1 Å². The van der Waals surface area contributed by atoms with E-state index >= 15 is 0 Å². The molecule has 0 bridgehead atoms. The number of carbonyl (C=O) groups is 3. The first-order valence-corrected chi connectivity index (χ1v) is 5.86. The lowest BCUT2D eigenvalue weighted by Crippen LogP contribution is -2.40. The summed E-state index contributed by atoms with van der Waals surface area (Å²) >= 11 is 0. The van der Waals surface area contributed by atoms with Gasteiger partial charge in [0.15, 0.2) is 0 Å². The Morgan fingerprint density at radius 3 is 2.63 bits per heavy atom. The first-order chi connectivity index (χ1) is 8.99. The van der Waals surface area contributed by atoms with Gasteiger partial charge in [0.2, 0.25) is 5.91 Å². The van der Waals surface area contributed by atoms with Crippen LogP contribution in [-0.2, 0) is 16.1 Å². The van der Waals surface area contributed by atoms with Crippen molar-refractivity contribution in [1.29, 1.82) is 0 Å². The van der Waals surface area contributed by atoms with E-state index < -0.39 is 5.97 Å². The molecule has 1 heterocycles. The molecule has 0 atom stereocenters. The summed E-state index contributed by atoms with van der Waals surface area (Å²) in [7, 11) is 1.49. The van der Waals surface area contributed by atoms with E-state index in [1.54, 1.807) is 13.0 Å². The van der Waals surface area contributed by atoms with Gasteiger partial charge in [-0.1, -0.05) is 0 Å². The Morgan fingerprint density at radius 1 is 1.42 bits per heavy atom. The number of likely N-dealkylation sites (N-methyl/N-ethyl adjacent to an activating group) is 2. The van der Waals surface area contributed by atoms with Crippen LogP contribution < -0.4 is 5.32 Å². The minimum Gasteiger partial charge on any atom is -0.480 e. The van der Waals surface area contributed by atoms with Crippen molar-refractivity contribution in [2.45, 2.75) is 13.5 Å². The predicted molar refractivity (Wildman–Crippen MR) is 67.7 cm³/mol. The molecule has 104 valence electrons. The second-order valence-corrected chi connectivity index (χ2v) is 3.91. The van der Waals surface area contributed by atoms with E-state index in [0.29, 0.717) is 6.54 Å². The van der Waals surface area contributed by atoms with Gasteiger partial charge in [0, 0.05) is 19.8 Å². The molecular formula is C12H17N3O4. The summed E-state index contributed by atoms with van der Waals surface area (Å²) < 4.78 is 1.34. The van der Waals surface area contributed by atoms with Gasteiger partial charge < -0.3 is 19.9 Å². The van der Waals surface area contributed by atoms with E-state index in [1.165, 1.54) is 28.8 Å². The first-order valence-electron chi connectivity index (χ1n) is 5.86. The smallest absolute Gasteiger partial charge is 0.323 e. The van der Waals surface area contributed by atoms with Crippen LogP contribution in [0.1, 0.15) is 17.4 Å². The molecule has 1 rings (SSSR count). The Labute approximate surface area is 110 Å². The zero-order chi connectivity index (χ0) is 14.4. The third-order valence-corrected chi connectivity index (χ3v) is 2.64. The number of amides is 2. The third-order valence-electron chi connectivity index (χ3n) is 2.64. The molecular weight excluding hydrogens is 250 g/mol. The van der Waals surface area contributed by atoms with E-state index in [0.717, 1.165) is 0 Å². The van der Waals surface area contributed by atoms with E-state index in [9.17, 15) is 14.4 Å². The van der Waals surface area contributed by atoms with Crippen LogP contribution in [0.15, 0.2) is 18.3 Å². The molecule has 1 aromatic rings. The Kier molecular flexibility index (Phi) is 5.11. The molecule has 0 spiro atoms. The van der Waals surface area contributed by atoms with Crippen LogP contribution >= 0.6 is 0 Å². The Morgan fingerprint density at radius 2 is 2.11 bits per heavy atom. The minimum absolute atomic E-state index is 0.0515. The summed E-state index contributed by atoms with van der Waals surface area (Å²) in [6, 6.07) is 3.14. The van der Waals surface area contributed by atoms with Crippen molar-refractivity contribution in [3.8, 4) is 0 Å². The number of hydrogen-bond acceptors (Lipinski definition) is 3. The Hall–Kier alpha value is -2.31. The third kappa shape index (κ3) is 3.84. The fraction of sp³-hybridized carbons (Fsp3) is 0.417. The molecule has 0 fully saturated rings. The summed E-state index contributed by atoms with van der Waals surface area (Å²) in [4.78, 5) is 35.6. The van der Waals surface area contributed by atoms with Gasteiger partial charge in [0.1, 0.15) is 12.2 Å². The number of hydrogen-bond donors (Lipinski definition) is 2. The van der Waals surface area contributed by atoms with Crippen LogP contribution in [0.5, 0.6) is 0 Å². The molecule has 0 aromatic carbocycles. The monoisotopic (exact) mass is 267 g/mol. The maximum atomic E-state index is 12.2. The number of aromatic nitrogens is 1. The lowest BCUT2D eigenvalue weighted by molar-refractivity contribution is -0.137. The maximum Gasteiger partial charge on any atom is 0.323 e. The summed E-state index contributed by atoms with van der Waals surface area (Å²) in [5, 5.41) is 11.2. The highest BCUT2D eigenvalue weighted by Crippen LogP contribution is 2.07.